The molecule has 3 N–H and O–H groups in total. The van der Waals surface area contributed by atoms with Gasteiger partial charge >= 0.3 is 12.1 Å². The Morgan fingerprint density at radius 1 is 1.19 bits per heavy atom. The van der Waals surface area contributed by atoms with Gasteiger partial charge < -0.3 is 14.8 Å². The number of carboxylic acids is 1. The lowest BCUT2D eigenvalue weighted by atomic mass is 10.2. The molecule has 0 atom stereocenters. The summed E-state index contributed by atoms with van der Waals surface area (Å²) in [6.45, 7) is 0.0339. The van der Waals surface area contributed by atoms with E-state index in [1.807, 2.05) is 6.07 Å². The highest BCUT2D eigenvalue weighted by atomic mass is 16.5. The number of carbonyl (C=O) groups excluding carboxylic acids is 1. The lowest BCUT2D eigenvalue weighted by molar-refractivity contribution is 0.0696. The van der Waals surface area contributed by atoms with Gasteiger partial charge in [0.25, 0.3) is 0 Å². The number of H-pyrrole nitrogens is 1. The normalized spacial score (nSPS) is 9.90. The fourth-order valence-corrected chi connectivity index (χ4v) is 1.65. The number of rotatable bonds is 4. The number of carboxylic acid groups (broad SMARTS) is 1. The van der Waals surface area contributed by atoms with Crippen molar-refractivity contribution in [2.45, 2.75) is 6.61 Å². The maximum atomic E-state index is 11.6. The van der Waals surface area contributed by atoms with Gasteiger partial charge in [-0.25, -0.2) is 9.59 Å². The average Bonchev–Trinajstić information content (AvgIpc) is 2.46. The summed E-state index contributed by atoms with van der Waals surface area (Å²) in [5.41, 5.74) is -0.471. The minimum Gasteiger partial charge on any atom is -0.477 e. The number of ether oxygens (including phenoxy) is 1. The Bertz CT molecular complexity index is 709. The fraction of sp³-hybridized carbons (Fsp3) is 0.0714. The zero-order chi connectivity index (χ0) is 15.2. The quantitative estimate of drug-likeness (QED) is 0.795. The molecule has 0 unspecified atom stereocenters. The highest BCUT2D eigenvalue weighted by Crippen LogP contribution is 2.08. The van der Waals surface area contributed by atoms with Gasteiger partial charge in [-0.3, -0.25) is 10.1 Å². The van der Waals surface area contributed by atoms with Crippen LogP contribution in [0.4, 0.5) is 10.6 Å². The summed E-state index contributed by atoms with van der Waals surface area (Å²) in [6.07, 6.45) is 0.380. The zero-order valence-electron chi connectivity index (χ0n) is 10.8. The topological polar surface area (TPSA) is 108 Å². The Balaban J connectivity index is 2.05. The second-order valence-corrected chi connectivity index (χ2v) is 4.08. The molecule has 1 heterocycles. The summed E-state index contributed by atoms with van der Waals surface area (Å²) in [5, 5.41) is 11.2. The number of amides is 1. The van der Waals surface area contributed by atoms with E-state index in [4.69, 9.17) is 9.84 Å². The van der Waals surface area contributed by atoms with Gasteiger partial charge in [-0.1, -0.05) is 30.3 Å². The van der Waals surface area contributed by atoms with Crippen LogP contribution in [-0.2, 0) is 11.3 Å². The molecule has 1 aromatic carbocycles. The smallest absolute Gasteiger partial charge is 0.413 e. The van der Waals surface area contributed by atoms with Crippen LogP contribution in [0.15, 0.2) is 47.4 Å². The first-order valence-corrected chi connectivity index (χ1v) is 6.00. The second-order valence-electron chi connectivity index (χ2n) is 4.08. The van der Waals surface area contributed by atoms with Crippen LogP contribution in [-0.4, -0.2) is 22.2 Å². The van der Waals surface area contributed by atoms with Crippen LogP contribution in [0.2, 0.25) is 0 Å². The van der Waals surface area contributed by atoms with Gasteiger partial charge in [-0.15, -0.1) is 0 Å². The molecule has 0 saturated carbocycles. The molecule has 1 amide bonds. The van der Waals surface area contributed by atoms with Crippen molar-refractivity contribution >= 4 is 17.9 Å². The summed E-state index contributed by atoms with van der Waals surface area (Å²) < 4.78 is 4.94. The Morgan fingerprint density at radius 3 is 2.57 bits per heavy atom. The number of nitrogens with one attached hydrogen (secondary N) is 2. The van der Waals surface area contributed by atoms with Crippen molar-refractivity contribution in [1.82, 2.24) is 4.98 Å². The molecule has 2 rings (SSSR count). The van der Waals surface area contributed by atoms with Crippen LogP contribution in [0, 0.1) is 0 Å². The standard InChI is InChI=1S/C14H12N2O5/c17-10-6-7-15-12(11(10)13(18)19)16-14(20)21-8-9-4-2-1-3-5-9/h1-7H,8H2,(H,18,19)(H2,15,16,17,20). The van der Waals surface area contributed by atoms with Crippen LogP contribution in [0.1, 0.15) is 15.9 Å². The molecule has 1 aromatic heterocycles. The van der Waals surface area contributed by atoms with E-state index < -0.39 is 23.1 Å². The lowest BCUT2D eigenvalue weighted by Crippen LogP contribution is -2.22. The molecule has 0 saturated heterocycles. The highest BCUT2D eigenvalue weighted by molar-refractivity contribution is 5.97. The van der Waals surface area contributed by atoms with Gasteiger partial charge in [0.2, 0.25) is 0 Å². The van der Waals surface area contributed by atoms with E-state index in [-0.39, 0.29) is 12.4 Å². The number of aromatic nitrogens is 1. The van der Waals surface area contributed by atoms with Crippen molar-refractivity contribution in [3.8, 4) is 0 Å². The van der Waals surface area contributed by atoms with E-state index in [9.17, 15) is 14.4 Å². The molecule has 2 aromatic rings. The molecule has 21 heavy (non-hydrogen) atoms. The first-order chi connectivity index (χ1) is 10.1. The first-order valence-electron chi connectivity index (χ1n) is 6.00. The van der Waals surface area contributed by atoms with Crippen LogP contribution >= 0.6 is 0 Å². The Hall–Kier alpha value is -3.09. The van der Waals surface area contributed by atoms with Crippen LogP contribution in [0.5, 0.6) is 0 Å². The highest BCUT2D eigenvalue weighted by Gasteiger charge is 2.17. The monoisotopic (exact) mass is 288 g/mol. The minimum absolute atomic E-state index is 0.0339. The maximum Gasteiger partial charge on any atom is 0.413 e. The predicted molar refractivity (Wildman–Crippen MR) is 74.3 cm³/mol. The Morgan fingerprint density at radius 2 is 1.90 bits per heavy atom. The van der Waals surface area contributed by atoms with Gasteiger partial charge in [-0.2, -0.15) is 0 Å². The number of aromatic carboxylic acids is 1. The summed E-state index contributed by atoms with van der Waals surface area (Å²) in [4.78, 5) is 36.6. The van der Waals surface area contributed by atoms with E-state index in [1.165, 1.54) is 6.20 Å². The predicted octanol–water partition coefficient (Wildman–Crippen LogP) is 1.82. The molecular weight excluding hydrogens is 276 g/mol. The number of anilines is 1. The van der Waals surface area contributed by atoms with Crippen molar-refractivity contribution in [2.75, 3.05) is 5.32 Å². The van der Waals surface area contributed by atoms with Crippen molar-refractivity contribution < 1.29 is 19.4 Å². The average molecular weight is 288 g/mol. The lowest BCUT2D eigenvalue weighted by Gasteiger charge is -2.08. The molecule has 108 valence electrons. The van der Waals surface area contributed by atoms with E-state index in [1.54, 1.807) is 24.3 Å². The molecular formula is C14H12N2O5. The van der Waals surface area contributed by atoms with Gasteiger partial charge in [0.1, 0.15) is 18.0 Å². The number of hydrogen-bond acceptors (Lipinski definition) is 4. The van der Waals surface area contributed by atoms with Crippen molar-refractivity contribution in [3.63, 3.8) is 0 Å². The molecule has 0 fully saturated rings. The third-order valence-electron chi connectivity index (χ3n) is 2.61. The number of benzene rings is 1. The van der Waals surface area contributed by atoms with E-state index in [0.29, 0.717) is 0 Å². The largest absolute Gasteiger partial charge is 0.477 e. The summed E-state index contributed by atoms with van der Waals surface area (Å²) in [6, 6.07) is 10.0. The second kappa shape index (κ2) is 6.38. The van der Waals surface area contributed by atoms with Crippen LogP contribution in [0.25, 0.3) is 0 Å². The van der Waals surface area contributed by atoms with E-state index in [2.05, 4.69) is 10.3 Å². The molecule has 7 nitrogen and oxygen atoms in total. The third kappa shape index (κ3) is 3.69. The number of carbonyl (C=O) groups is 2. The summed E-state index contributed by atoms with van der Waals surface area (Å²) in [7, 11) is 0. The van der Waals surface area contributed by atoms with Gasteiger partial charge in [-0.05, 0) is 5.56 Å². The van der Waals surface area contributed by atoms with Crippen molar-refractivity contribution in [1.29, 1.82) is 0 Å². The van der Waals surface area contributed by atoms with Gasteiger partial charge in [0.05, 0.1) is 0 Å². The SMILES string of the molecule is O=C(Nc1[nH]ccc(=O)c1C(=O)O)OCc1ccccc1. The maximum absolute atomic E-state index is 11.6. The summed E-state index contributed by atoms with van der Waals surface area (Å²) in [5.74, 6) is -1.65. The zero-order valence-corrected chi connectivity index (χ0v) is 10.8. The molecule has 0 spiro atoms. The minimum atomic E-state index is -1.43. The van der Waals surface area contributed by atoms with Crippen LogP contribution < -0.4 is 10.7 Å². The Labute approximate surface area is 119 Å². The molecule has 0 aliphatic rings. The van der Waals surface area contributed by atoms with E-state index >= 15 is 0 Å². The third-order valence-corrected chi connectivity index (χ3v) is 2.61. The number of hydrogen-bond donors (Lipinski definition) is 3. The molecule has 0 aliphatic heterocycles. The van der Waals surface area contributed by atoms with E-state index in [0.717, 1.165) is 11.6 Å². The van der Waals surface area contributed by atoms with Gasteiger partial charge in [0, 0.05) is 12.3 Å². The van der Waals surface area contributed by atoms with Crippen molar-refractivity contribution in [2.24, 2.45) is 0 Å². The fourth-order valence-electron chi connectivity index (χ4n) is 1.65. The van der Waals surface area contributed by atoms with Crippen LogP contribution in [0.3, 0.4) is 0 Å². The molecule has 0 radical (unpaired) electrons. The number of aromatic amines is 1. The van der Waals surface area contributed by atoms with Crippen molar-refractivity contribution in [3.05, 3.63) is 63.9 Å². The molecule has 7 heteroatoms. The first kappa shape index (κ1) is 14.3. The molecule has 0 aliphatic carbocycles. The Kier molecular flexibility index (Phi) is 4.35. The van der Waals surface area contributed by atoms with Gasteiger partial charge in [0.15, 0.2) is 5.43 Å². The number of pyridine rings is 1. The molecule has 0 bridgehead atoms. The summed E-state index contributed by atoms with van der Waals surface area (Å²) >= 11 is 0.